The number of methoxy groups -OCH3 is 1. The van der Waals surface area contributed by atoms with Gasteiger partial charge in [-0.2, -0.15) is 0 Å². The average molecular weight is 262 g/mol. The van der Waals surface area contributed by atoms with Crippen LogP contribution >= 0.6 is 0 Å². The quantitative estimate of drug-likeness (QED) is 0.852. The van der Waals surface area contributed by atoms with Crippen molar-refractivity contribution in [3.63, 3.8) is 0 Å². The third kappa shape index (κ3) is 4.22. The Morgan fingerprint density at radius 2 is 2.05 bits per heavy atom. The lowest BCUT2D eigenvalue weighted by molar-refractivity contribution is 0.102. The standard InChI is InChI=1S/C16H26N2O/c1-16(2,13-19-3)12-17-14-9-10-18(11-14)15-7-5-4-6-8-15/h4-8,14,17H,9-13H2,1-3H3/t14-/m0/s1. The van der Waals surface area contributed by atoms with Gasteiger partial charge in [-0.25, -0.2) is 0 Å². The van der Waals surface area contributed by atoms with Crippen LogP contribution < -0.4 is 10.2 Å². The number of benzene rings is 1. The largest absolute Gasteiger partial charge is 0.384 e. The molecule has 1 aromatic carbocycles. The summed E-state index contributed by atoms with van der Waals surface area (Å²) in [7, 11) is 1.77. The van der Waals surface area contributed by atoms with Crippen molar-refractivity contribution in [1.82, 2.24) is 5.32 Å². The lowest BCUT2D eigenvalue weighted by Gasteiger charge is -2.26. The molecule has 0 spiro atoms. The molecule has 1 aliphatic rings. The first kappa shape index (κ1) is 14.4. The molecule has 0 bridgehead atoms. The van der Waals surface area contributed by atoms with E-state index in [0.717, 1.165) is 26.2 Å². The Balaban J connectivity index is 1.80. The zero-order valence-corrected chi connectivity index (χ0v) is 12.4. The van der Waals surface area contributed by atoms with Gasteiger partial charge in [-0.3, -0.25) is 0 Å². The summed E-state index contributed by atoms with van der Waals surface area (Å²) in [6, 6.07) is 11.3. The van der Waals surface area contributed by atoms with E-state index in [9.17, 15) is 0 Å². The molecule has 1 N–H and O–H groups in total. The molecule has 1 saturated heterocycles. The van der Waals surface area contributed by atoms with E-state index in [1.165, 1.54) is 12.1 Å². The van der Waals surface area contributed by atoms with Crippen LogP contribution in [0.4, 0.5) is 5.69 Å². The Morgan fingerprint density at radius 1 is 1.32 bits per heavy atom. The van der Waals surface area contributed by atoms with Crippen LogP contribution in [0, 0.1) is 5.41 Å². The summed E-state index contributed by atoms with van der Waals surface area (Å²) in [5.74, 6) is 0. The molecule has 19 heavy (non-hydrogen) atoms. The fraction of sp³-hybridized carbons (Fsp3) is 0.625. The maximum Gasteiger partial charge on any atom is 0.0525 e. The Kier molecular flexibility index (Phi) is 4.83. The molecule has 1 atom stereocenters. The van der Waals surface area contributed by atoms with Gasteiger partial charge in [-0.1, -0.05) is 32.0 Å². The van der Waals surface area contributed by atoms with Crippen molar-refractivity contribution in [2.45, 2.75) is 26.3 Å². The molecule has 0 radical (unpaired) electrons. The normalized spacial score (nSPS) is 19.9. The molecule has 1 fully saturated rings. The molecule has 2 rings (SSSR count). The minimum absolute atomic E-state index is 0.203. The highest BCUT2D eigenvalue weighted by Gasteiger charge is 2.25. The minimum Gasteiger partial charge on any atom is -0.384 e. The van der Waals surface area contributed by atoms with Crippen LogP contribution in [0.1, 0.15) is 20.3 Å². The van der Waals surface area contributed by atoms with E-state index in [1.54, 1.807) is 7.11 Å². The van der Waals surface area contributed by atoms with Crippen LogP contribution in [0.5, 0.6) is 0 Å². The molecule has 0 aromatic heterocycles. The minimum atomic E-state index is 0.203. The number of hydrogen-bond donors (Lipinski definition) is 1. The molecule has 1 heterocycles. The van der Waals surface area contributed by atoms with Crippen molar-refractivity contribution in [3.8, 4) is 0 Å². The van der Waals surface area contributed by atoms with Crippen molar-refractivity contribution in [1.29, 1.82) is 0 Å². The fourth-order valence-electron chi connectivity index (χ4n) is 2.66. The van der Waals surface area contributed by atoms with Gasteiger partial charge in [0.15, 0.2) is 0 Å². The number of ether oxygens (including phenoxy) is 1. The molecule has 0 aliphatic carbocycles. The summed E-state index contributed by atoms with van der Waals surface area (Å²) in [6.45, 7) is 8.55. The number of nitrogens with zero attached hydrogens (tertiary/aromatic N) is 1. The smallest absolute Gasteiger partial charge is 0.0525 e. The average Bonchev–Trinajstić information content (AvgIpc) is 2.86. The third-order valence-corrected chi connectivity index (χ3v) is 3.71. The Morgan fingerprint density at radius 3 is 2.74 bits per heavy atom. The van der Waals surface area contributed by atoms with E-state index < -0.39 is 0 Å². The van der Waals surface area contributed by atoms with Crippen molar-refractivity contribution in [2.24, 2.45) is 5.41 Å². The molecule has 0 saturated carbocycles. The zero-order chi connectivity index (χ0) is 13.7. The molecule has 3 heteroatoms. The van der Waals surface area contributed by atoms with E-state index >= 15 is 0 Å². The molecule has 0 amide bonds. The maximum absolute atomic E-state index is 5.26. The first-order chi connectivity index (χ1) is 9.11. The van der Waals surface area contributed by atoms with Crippen molar-refractivity contribution in [3.05, 3.63) is 30.3 Å². The van der Waals surface area contributed by atoms with Gasteiger partial charge in [-0.05, 0) is 18.6 Å². The second-order valence-electron chi connectivity index (χ2n) is 6.25. The van der Waals surface area contributed by atoms with Gasteiger partial charge in [-0.15, -0.1) is 0 Å². The first-order valence-corrected chi connectivity index (χ1v) is 7.13. The van der Waals surface area contributed by atoms with Crippen LogP contribution in [0.25, 0.3) is 0 Å². The zero-order valence-electron chi connectivity index (χ0n) is 12.4. The van der Waals surface area contributed by atoms with Gasteiger partial charge in [0, 0.05) is 43.9 Å². The number of anilines is 1. The van der Waals surface area contributed by atoms with Gasteiger partial charge in [0.2, 0.25) is 0 Å². The van der Waals surface area contributed by atoms with Crippen LogP contribution in [-0.2, 0) is 4.74 Å². The third-order valence-electron chi connectivity index (χ3n) is 3.71. The van der Waals surface area contributed by atoms with Crippen LogP contribution in [-0.4, -0.2) is 39.4 Å². The van der Waals surface area contributed by atoms with E-state index in [0.29, 0.717) is 6.04 Å². The van der Waals surface area contributed by atoms with E-state index in [-0.39, 0.29) is 5.41 Å². The molecular weight excluding hydrogens is 236 g/mol. The van der Waals surface area contributed by atoms with Gasteiger partial charge in [0.25, 0.3) is 0 Å². The Bertz CT molecular complexity index is 378. The van der Waals surface area contributed by atoms with Gasteiger partial charge < -0.3 is 15.0 Å². The van der Waals surface area contributed by atoms with Crippen LogP contribution in [0.15, 0.2) is 30.3 Å². The highest BCUT2D eigenvalue weighted by molar-refractivity contribution is 5.47. The highest BCUT2D eigenvalue weighted by Crippen LogP contribution is 2.21. The summed E-state index contributed by atoms with van der Waals surface area (Å²) in [5.41, 5.74) is 1.54. The highest BCUT2D eigenvalue weighted by atomic mass is 16.5. The molecular formula is C16H26N2O. The van der Waals surface area contributed by atoms with Gasteiger partial charge in [0.1, 0.15) is 0 Å². The lowest BCUT2D eigenvalue weighted by atomic mass is 9.94. The number of nitrogens with one attached hydrogen (secondary N) is 1. The number of para-hydroxylation sites is 1. The SMILES string of the molecule is COCC(C)(C)CN[C@H]1CCN(c2ccccc2)C1. The van der Waals surface area contributed by atoms with Gasteiger partial charge >= 0.3 is 0 Å². The Hall–Kier alpha value is -1.06. The van der Waals surface area contributed by atoms with E-state index in [1.807, 2.05) is 0 Å². The monoisotopic (exact) mass is 262 g/mol. The first-order valence-electron chi connectivity index (χ1n) is 7.13. The summed E-state index contributed by atoms with van der Waals surface area (Å²) in [6.07, 6.45) is 1.22. The van der Waals surface area contributed by atoms with Crippen molar-refractivity contribution in [2.75, 3.05) is 38.3 Å². The second kappa shape index (κ2) is 6.40. The summed E-state index contributed by atoms with van der Waals surface area (Å²) < 4.78 is 5.26. The topological polar surface area (TPSA) is 24.5 Å². The van der Waals surface area contributed by atoms with Crippen LogP contribution in [0.3, 0.4) is 0 Å². The summed E-state index contributed by atoms with van der Waals surface area (Å²) >= 11 is 0. The second-order valence-corrected chi connectivity index (χ2v) is 6.25. The van der Waals surface area contributed by atoms with Crippen LogP contribution in [0.2, 0.25) is 0 Å². The molecule has 0 unspecified atom stereocenters. The molecule has 1 aliphatic heterocycles. The molecule has 3 nitrogen and oxygen atoms in total. The Labute approximate surface area is 116 Å². The predicted molar refractivity (Wildman–Crippen MR) is 80.7 cm³/mol. The molecule has 1 aromatic rings. The molecule has 106 valence electrons. The van der Waals surface area contributed by atoms with E-state index in [4.69, 9.17) is 4.74 Å². The lowest BCUT2D eigenvalue weighted by Crippen LogP contribution is -2.40. The summed E-state index contributed by atoms with van der Waals surface area (Å²) in [5, 5.41) is 3.68. The van der Waals surface area contributed by atoms with Crippen molar-refractivity contribution < 1.29 is 4.74 Å². The fourth-order valence-corrected chi connectivity index (χ4v) is 2.66. The maximum atomic E-state index is 5.26. The van der Waals surface area contributed by atoms with Gasteiger partial charge in [0.05, 0.1) is 6.61 Å². The predicted octanol–water partition coefficient (Wildman–Crippen LogP) is 2.53. The van der Waals surface area contributed by atoms with Crippen molar-refractivity contribution >= 4 is 5.69 Å². The number of rotatable bonds is 6. The summed E-state index contributed by atoms with van der Waals surface area (Å²) in [4.78, 5) is 2.46. The van der Waals surface area contributed by atoms with E-state index in [2.05, 4.69) is 54.4 Å². The number of hydrogen-bond acceptors (Lipinski definition) is 3.